The summed E-state index contributed by atoms with van der Waals surface area (Å²) in [6.45, 7) is 0. The van der Waals surface area contributed by atoms with Crippen LogP contribution < -0.4 is 16.6 Å². The van der Waals surface area contributed by atoms with Gasteiger partial charge in [-0.05, 0) is 29.6 Å². The lowest BCUT2D eigenvalue weighted by molar-refractivity contribution is 0.628. The van der Waals surface area contributed by atoms with E-state index in [0.717, 1.165) is 10.2 Å². The number of nitrogens with zero attached hydrogens (tertiary/aromatic N) is 2. The minimum absolute atomic E-state index is 0.273. The van der Waals surface area contributed by atoms with Gasteiger partial charge in [-0.2, -0.15) is 4.98 Å². The van der Waals surface area contributed by atoms with Crippen LogP contribution in [0, 0.1) is 5.82 Å². The highest BCUT2D eigenvalue weighted by molar-refractivity contribution is 7.16. The molecule has 20 heavy (non-hydrogen) atoms. The van der Waals surface area contributed by atoms with E-state index in [1.165, 1.54) is 29.5 Å². The van der Waals surface area contributed by atoms with Crippen molar-refractivity contribution in [2.24, 2.45) is 5.84 Å². The maximum atomic E-state index is 13.3. The van der Waals surface area contributed by atoms with Crippen molar-refractivity contribution in [2.75, 3.05) is 10.7 Å². The predicted molar refractivity (Wildman–Crippen MR) is 79.9 cm³/mol. The molecule has 2 aromatic heterocycles. The molecule has 0 radical (unpaired) electrons. The van der Waals surface area contributed by atoms with Gasteiger partial charge < -0.3 is 5.32 Å². The summed E-state index contributed by atoms with van der Waals surface area (Å²) >= 11 is 7.49. The van der Waals surface area contributed by atoms with Gasteiger partial charge in [-0.25, -0.2) is 15.2 Å². The lowest BCUT2D eigenvalue weighted by Crippen LogP contribution is -2.11. The molecule has 0 spiro atoms. The van der Waals surface area contributed by atoms with Crippen molar-refractivity contribution in [2.45, 2.75) is 0 Å². The van der Waals surface area contributed by atoms with Crippen LogP contribution >= 0.6 is 22.9 Å². The molecule has 0 saturated carbocycles. The monoisotopic (exact) mass is 309 g/mol. The first-order valence-corrected chi connectivity index (χ1v) is 6.87. The summed E-state index contributed by atoms with van der Waals surface area (Å²) in [5.74, 6) is 5.74. The smallest absolute Gasteiger partial charge is 0.240 e. The Hall–Kier alpha value is -1.96. The molecule has 0 aliphatic carbocycles. The van der Waals surface area contributed by atoms with Crippen molar-refractivity contribution in [1.29, 1.82) is 0 Å². The molecular formula is C12H9ClFN5S. The summed E-state index contributed by atoms with van der Waals surface area (Å²) in [5.41, 5.74) is 2.83. The molecule has 4 N–H and O–H groups in total. The first-order chi connectivity index (χ1) is 9.67. The highest BCUT2D eigenvalue weighted by Crippen LogP contribution is 2.31. The minimum Gasteiger partial charge on any atom is -0.338 e. The fraction of sp³-hybridized carbons (Fsp3) is 0. The Morgan fingerprint density at radius 3 is 2.90 bits per heavy atom. The average Bonchev–Trinajstić information content (AvgIpc) is 2.91. The van der Waals surface area contributed by atoms with E-state index >= 15 is 0 Å². The van der Waals surface area contributed by atoms with E-state index in [4.69, 9.17) is 17.4 Å². The molecule has 3 rings (SSSR count). The Balaban J connectivity index is 2.09. The van der Waals surface area contributed by atoms with Gasteiger partial charge in [-0.1, -0.05) is 11.6 Å². The van der Waals surface area contributed by atoms with Gasteiger partial charge in [0.05, 0.1) is 16.1 Å². The van der Waals surface area contributed by atoms with E-state index < -0.39 is 0 Å². The molecule has 0 aliphatic rings. The van der Waals surface area contributed by atoms with Crippen LogP contribution in [0.2, 0.25) is 5.02 Å². The van der Waals surface area contributed by atoms with Gasteiger partial charge in [-0.15, -0.1) is 11.3 Å². The van der Waals surface area contributed by atoms with Crippen LogP contribution in [0.3, 0.4) is 0 Å². The van der Waals surface area contributed by atoms with E-state index in [0.29, 0.717) is 16.5 Å². The Kier molecular flexibility index (Phi) is 3.39. The number of thiophene rings is 1. The second-order valence-corrected chi connectivity index (χ2v) is 5.23. The molecular weight excluding hydrogens is 301 g/mol. The number of anilines is 3. The second kappa shape index (κ2) is 5.20. The Labute approximate surface area is 122 Å². The average molecular weight is 310 g/mol. The fourth-order valence-electron chi connectivity index (χ4n) is 1.74. The zero-order valence-electron chi connectivity index (χ0n) is 10.0. The lowest BCUT2D eigenvalue weighted by Gasteiger charge is -2.10. The number of rotatable bonds is 3. The fourth-order valence-corrected chi connectivity index (χ4v) is 2.66. The van der Waals surface area contributed by atoms with Crippen LogP contribution in [0.4, 0.5) is 21.8 Å². The third kappa shape index (κ3) is 2.38. The highest BCUT2D eigenvalue weighted by Gasteiger charge is 2.10. The van der Waals surface area contributed by atoms with E-state index in [-0.39, 0.29) is 11.8 Å². The summed E-state index contributed by atoms with van der Waals surface area (Å²) in [6.07, 6.45) is 0. The quantitative estimate of drug-likeness (QED) is 0.510. The molecule has 3 aromatic rings. The summed E-state index contributed by atoms with van der Waals surface area (Å²) in [6, 6.07) is 5.95. The Morgan fingerprint density at radius 1 is 1.25 bits per heavy atom. The molecule has 0 fully saturated rings. The van der Waals surface area contributed by atoms with Gasteiger partial charge in [0.25, 0.3) is 0 Å². The highest BCUT2D eigenvalue weighted by atomic mass is 35.5. The Morgan fingerprint density at radius 2 is 2.10 bits per heavy atom. The summed E-state index contributed by atoms with van der Waals surface area (Å²) in [5, 5.41) is 6.10. The number of aromatic nitrogens is 2. The molecule has 2 heterocycles. The van der Waals surface area contributed by atoms with Crippen LogP contribution in [-0.2, 0) is 0 Å². The van der Waals surface area contributed by atoms with Crippen molar-refractivity contribution >= 4 is 50.6 Å². The minimum atomic E-state index is -0.385. The van der Waals surface area contributed by atoms with Crippen molar-refractivity contribution < 1.29 is 4.39 Å². The number of hydrogen-bond donors (Lipinski definition) is 3. The Bertz CT molecular complexity index is 776. The molecule has 0 unspecified atom stereocenters. The number of nitrogen functional groups attached to an aromatic ring is 1. The van der Waals surface area contributed by atoms with Gasteiger partial charge in [0, 0.05) is 0 Å². The van der Waals surface area contributed by atoms with Gasteiger partial charge in [-0.3, -0.25) is 5.43 Å². The molecule has 1 aromatic carbocycles. The largest absolute Gasteiger partial charge is 0.338 e. The van der Waals surface area contributed by atoms with Gasteiger partial charge in [0.1, 0.15) is 16.5 Å². The van der Waals surface area contributed by atoms with Gasteiger partial charge >= 0.3 is 0 Å². The summed E-state index contributed by atoms with van der Waals surface area (Å²) < 4.78 is 13.3. The van der Waals surface area contributed by atoms with Crippen LogP contribution in [0.5, 0.6) is 0 Å². The maximum Gasteiger partial charge on any atom is 0.240 e. The third-order valence-corrected chi connectivity index (χ3v) is 3.77. The SMILES string of the molecule is NNc1nc(Nc2cc(F)ccc2Cl)c2ccsc2n1. The molecule has 0 aliphatic heterocycles. The maximum absolute atomic E-state index is 13.3. The number of hydrazine groups is 1. The topological polar surface area (TPSA) is 75.9 Å². The van der Waals surface area contributed by atoms with Gasteiger partial charge in [0.15, 0.2) is 0 Å². The predicted octanol–water partition coefficient (Wildman–Crippen LogP) is 3.51. The standard InChI is InChI=1S/C12H9ClFN5S/c13-8-2-1-6(14)5-9(8)16-10-7-3-4-20-11(7)18-12(17-10)19-15/h1-5H,15H2,(H2,16,17,18,19). The lowest BCUT2D eigenvalue weighted by atomic mass is 10.3. The zero-order chi connectivity index (χ0) is 14.1. The second-order valence-electron chi connectivity index (χ2n) is 3.93. The molecule has 0 saturated heterocycles. The molecule has 0 atom stereocenters. The summed E-state index contributed by atoms with van der Waals surface area (Å²) in [4.78, 5) is 9.21. The number of benzene rings is 1. The first-order valence-electron chi connectivity index (χ1n) is 5.61. The molecule has 0 amide bonds. The van der Waals surface area contributed by atoms with Crippen molar-refractivity contribution in [1.82, 2.24) is 9.97 Å². The summed E-state index contributed by atoms with van der Waals surface area (Å²) in [7, 11) is 0. The van der Waals surface area contributed by atoms with E-state index in [1.54, 1.807) is 0 Å². The van der Waals surface area contributed by atoms with Gasteiger partial charge in [0.2, 0.25) is 5.95 Å². The number of halogens is 2. The van der Waals surface area contributed by atoms with Crippen LogP contribution in [-0.4, -0.2) is 9.97 Å². The zero-order valence-corrected chi connectivity index (χ0v) is 11.6. The van der Waals surface area contributed by atoms with Crippen molar-refractivity contribution in [3.05, 3.63) is 40.5 Å². The third-order valence-electron chi connectivity index (χ3n) is 2.64. The number of nitrogens with one attached hydrogen (secondary N) is 2. The van der Waals surface area contributed by atoms with E-state index in [9.17, 15) is 4.39 Å². The van der Waals surface area contributed by atoms with E-state index in [1.807, 2.05) is 11.4 Å². The number of fused-ring (bicyclic) bond motifs is 1. The first kappa shape index (κ1) is 13.0. The molecule has 102 valence electrons. The number of nitrogens with two attached hydrogens (primary N) is 1. The number of hydrogen-bond acceptors (Lipinski definition) is 6. The van der Waals surface area contributed by atoms with Crippen molar-refractivity contribution in [3.8, 4) is 0 Å². The molecule has 0 bridgehead atoms. The van der Waals surface area contributed by atoms with Crippen LogP contribution in [0.15, 0.2) is 29.6 Å². The van der Waals surface area contributed by atoms with Crippen molar-refractivity contribution in [3.63, 3.8) is 0 Å². The van der Waals surface area contributed by atoms with E-state index in [2.05, 4.69) is 20.7 Å². The molecule has 8 heteroatoms. The molecule has 5 nitrogen and oxygen atoms in total. The normalized spacial score (nSPS) is 10.8. The van der Waals surface area contributed by atoms with Crippen LogP contribution in [0.25, 0.3) is 10.2 Å². The van der Waals surface area contributed by atoms with Crippen LogP contribution in [0.1, 0.15) is 0 Å².